The number of aryl methyl sites for hydroxylation is 1. The number of fused-ring (bicyclic) bond motifs is 1. The van der Waals surface area contributed by atoms with E-state index in [0.717, 1.165) is 18.6 Å². The molecule has 0 N–H and O–H groups in total. The molecule has 0 radical (unpaired) electrons. The summed E-state index contributed by atoms with van der Waals surface area (Å²) in [5, 5.41) is 0. The molecule has 70 valence electrons. The van der Waals surface area contributed by atoms with Crippen molar-refractivity contribution in [1.29, 1.82) is 0 Å². The molecule has 0 aromatic carbocycles. The lowest BCUT2D eigenvalue weighted by Gasteiger charge is -2.19. The van der Waals surface area contributed by atoms with Gasteiger partial charge in [0.15, 0.2) is 5.75 Å². The first kappa shape index (κ1) is 8.35. The van der Waals surface area contributed by atoms with Gasteiger partial charge in [0.05, 0.1) is 0 Å². The van der Waals surface area contributed by atoms with Gasteiger partial charge in [-0.15, -0.1) is 0 Å². The Morgan fingerprint density at radius 2 is 2.23 bits per heavy atom. The highest BCUT2D eigenvalue weighted by atomic mass is 16.6. The molecule has 0 saturated heterocycles. The predicted molar refractivity (Wildman–Crippen MR) is 49.2 cm³/mol. The van der Waals surface area contributed by atoms with Crippen LogP contribution in [0.4, 0.5) is 0 Å². The number of pyridine rings is 1. The van der Waals surface area contributed by atoms with Crippen LogP contribution < -0.4 is 9.47 Å². The van der Waals surface area contributed by atoms with Gasteiger partial charge in [0.1, 0.15) is 13.2 Å². The number of hydrogen-bond acceptors (Lipinski definition) is 3. The van der Waals surface area contributed by atoms with E-state index >= 15 is 0 Å². The van der Waals surface area contributed by atoms with E-state index in [-0.39, 0.29) is 0 Å². The fraction of sp³-hybridized carbons (Fsp3) is 0.500. The van der Waals surface area contributed by atoms with Crippen molar-refractivity contribution in [3.05, 3.63) is 17.8 Å². The number of nitrogens with zero attached hydrogens (tertiary/aromatic N) is 1. The Balaban J connectivity index is 2.34. The van der Waals surface area contributed by atoms with Crippen molar-refractivity contribution in [1.82, 2.24) is 4.98 Å². The molecule has 3 heteroatoms. The van der Waals surface area contributed by atoms with Gasteiger partial charge in [-0.25, -0.2) is 4.98 Å². The molecule has 0 spiro atoms. The molecule has 0 atom stereocenters. The molecule has 0 unspecified atom stereocenters. The van der Waals surface area contributed by atoms with Crippen LogP contribution in [0.5, 0.6) is 11.6 Å². The van der Waals surface area contributed by atoms with Crippen LogP contribution in [-0.2, 0) is 6.42 Å². The highest BCUT2D eigenvalue weighted by molar-refractivity contribution is 5.42. The minimum absolute atomic E-state index is 0.607. The van der Waals surface area contributed by atoms with E-state index in [1.807, 2.05) is 6.07 Å². The van der Waals surface area contributed by atoms with Gasteiger partial charge in [0, 0.05) is 11.8 Å². The van der Waals surface area contributed by atoms with E-state index in [4.69, 9.17) is 9.47 Å². The van der Waals surface area contributed by atoms with E-state index in [1.54, 1.807) is 6.20 Å². The summed E-state index contributed by atoms with van der Waals surface area (Å²) >= 11 is 0. The maximum Gasteiger partial charge on any atom is 0.257 e. The second-order valence-electron chi connectivity index (χ2n) is 3.05. The number of rotatable bonds is 2. The zero-order chi connectivity index (χ0) is 9.10. The quantitative estimate of drug-likeness (QED) is 0.693. The van der Waals surface area contributed by atoms with Crippen molar-refractivity contribution >= 4 is 0 Å². The van der Waals surface area contributed by atoms with Crippen LogP contribution in [0.2, 0.25) is 0 Å². The number of ether oxygens (including phenoxy) is 2. The Morgan fingerprint density at radius 3 is 3.08 bits per heavy atom. The second-order valence-corrected chi connectivity index (χ2v) is 3.05. The molecule has 0 aliphatic carbocycles. The van der Waals surface area contributed by atoms with Crippen molar-refractivity contribution in [2.24, 2.45) is 0 Å². The number of aromatic nitrogens is 1. The fourth-order valence-electron chi connectivity index (χ4n) is 1.47. The average molecular weight is 179 g/mol. The zero-order valence-electron chi connectivity index (χ0n) is 7.75. The summed E-state index contributed by atoms with van der Waals surface area (Å²) in [7, 11) is 0. The third-order valence-corrected chi connectivity index (χ3v) is 2.04. The lowest BCUT2D eigenvalue weighted by atomic mass is 10.1. The van der Waals surface area contributed by atoms with E-state index in [1.165, 1.54) is 5.56 Å². The Kier molecular flexibility index (Phi) is 2.34. The Labute approximate surface area is 77.7 Å². The monoisotopic (exact) mass is 179 g/mol. The Bertz CT molecular complexity index is 299. The maximum absolute atomic E-state index is 5.52. The fourth-order valence-corrected chi connectivity index (χ4v) is 1.47. The molecule has 1 aliphatic heterocycles. The molecule has 1 aromatic rings. The normalized spacial score (nSPS) is 14.2. The van der Waals surface area contributed by atoms with Gasteiger partial charge in [-0.1, -0.05) is 13.3 Å². The molecule has 3 nitrogen and oxygen atoms in total. The minimum Gasteiger partial charge on any atom is -0.484 e. The summed E-state index contributed by atoms with van der Waals surface area (Å²) in [5.41, 5.74) is 1.20. The third-order valence-electron chi connectivity index (χ3n) is 2.04. The summed E-state index contributed by atoms with van der Waals surface area (Å²) < 4.78 is 10.9. The second kappa shape index (κ2) is 3.64. The molecular formula is C10H13NO2. The first-order chi connectivity index (χ1) is 6.42. The largest absolute Gasteiger partial charge is 0.484 e. The standard InChI is InChI=1S/C10H13NO2/c1-2-3-8-4-5-11-10-9(8)12-6-7-13-10/h4-5H,2-3,6-7H2,1H3. The van der Waals surface area contributed by atoms with Crippen LogP contribution >= 0.6 is 0 Å². The SMILES string of the molecule is CCCc1ccnc2c1OCCO2. The highest BCUT2D eigenvalue weighted by Crippen LogP contribution is 2.31. The van der Waals surface area contributed by atoms with Crippen LogP contribution in [-0.4, -0.2) is 18.2 Å². The van der Waals surface area contributed by atoms with E-state index in [0.29, 0.717) is 19.1 Å². The van der Waals surface area contributed by atoms with Crippen molar-refractivity contribution in [3.8, 4) is 11.6 Å². The number of hydrogen-bond donors (Lipinski definition) is 0. The van der Waals surface area contributed by atoms with Gasteiger partial charge < -0.3 is 9.47 Å². The summed E-state index contributed by atoms with van der Waals surface area (Å²) in [6.07, 6.45) is 3.91. The third kappa shape index (κ3) is 1.59. The maximum atomic E-state index is 5.52. The van der Waals surface area contributed by atoms with Crippen LogP contribution in [0.25, 0.3) is 0 Å². The lowest BCUT2D eigenvalue weighted by Crippen LogP contribution is -2.17. The van der Waals surface area contributed by atoms with Crippen LogP contribution in [0.15, 0.2) is 12.3 Å². The smallest absolute Gasteiger partial charge is 0.257 e. The van der Waals surface area contributed by atoms with E-state index in [9.17, 15) is 0 Å². The molecule has 1 aromatic heterocycles. The molecule has 0 saturated carbocycles. The van der Waals surface area contributed by atoms with Crippen molar-refractivity contribution in [2.45, 2.75) is 19.8 Å². The van der Waals surface area contributed by atoms with Crippen molar-refractivity contribution in [2.75, 3.05) is 13.2 Å². The summed E-state index contributed by atoms with van der Waals surface area (Å²) in [5.74, 6) is 1.49. The highest BCUT2D eigenvalue weighted by Gasteiger charge is 2.15. The van der Waals surface area contributed by atoms with Gasteiger partial charge in [-0.05, 0) is 12.5 Å². The van der Waals surface area contributed by atoms with Gasteiger partial charge in [0.2, 0.25) is 0 Å². The zero-order valence-corrected chi connectivity index (χ0v) is 7.75. The predicted octanol–water partition coefficient (Wildman–Crippen LogP) is 1.81. The van der Waals surface area contributed by atoms with Crippen molar-refractivity contribution < 1.29 is 9.47 Å². The van der Waals surface area contributed by atoms with Crippen LogP contribution in [0.1, 0.15) is 18.9 Å². The van der Waals surface area contributed by atoms with Crippen LogP contribution in [0.3, 0.4) is 0 Å². The summed E-state index contributed by atoms with van der Waals surface area (Å²) in [6, 6.07) is 2.00. The Hall–Kier alpha value is -1.25. The minimum atomic E-state index is 0.607. The molecule has 2 heterocycles. The average Bonchev–Trinajstić information content (AvgIpc) is 2.19. The molecular weight excluding hydrogens is 166 g/mol. The van der Waals surface area contributed by atoms with Crippen molar-refractivity contribution in [3.63, 3.8) is 0 Å². The summed E-state index contributed by atoms with van der Waals surface area (Å²) in [6.45, 7) is 3.39. The van der Waals surface area contributed by atoms with Gasteiger partial charge in [-0.3, -0.25) is 0 Å². The molecule has 0 bridgehead atoms. The molecule has 2 rings (SSSR count). The molecule has 1 aliphatic rings. The van der Waals surface area contributed by atoms with Crippen LogP contribution in [0, 0.1) is 0 Å². The van der Waals surface area contributed by atoms with E-state index < -0.39 is 0 Å². The first-order valence-electron chi connectivity index (χ1n) is 4.65. The topological polar surface area (TPSA) is 31.4 Å². The Morgan fingerprint density at radius 1 is 1.38 bits per heavy atom. The first-order valence-corrected chi connectivity index (χ1v) is 4.65. The van der Waals surface area contributed by atoms with E-state index in [2.05, 4.69) is 11.9 Å². The lowest BCUT2D eigenvalue weighted by molar-refractivity contribution is 0.162. The molecule has 0 fully saturated rings. The van der Waals surface area contributed by atoms with Gasteiger partial charge >= 0.3 is 0 Å². The molecule has 13 heavy (non-hydrogen) atoms. The summed E-state index contributed by atoms with van der Waals surface area (Å²) in [4.78, 5) is 4.11. The van der Waals surface area contributed by atoms with Gasteiger partial charge in [0.25, 0.3) is 5.88 Å². The molecule has 0 amide bonds. The van der Waals surface area contributed by atoms with Gasteiger partial charge in [-0.2, -0.15) is 0 Å².